The van der Waals surface area contributed by atoms with E-state index in [9.17, 15) is 9.59 Å². The lowest BCUT2D eigenvalue weighted by molar-refractivity contribution is -0.128. The van der Waals surface area contributed by atoms with Crippen LogP contribution in [0.1, 0.15) is 22.3 Å². The Hall–Kier alpha value is -3.84. The van der Waals surface area contributed by atoms with E-state index in [0.717, 1.165) is 34.4 Å². The van der Waals surface area contributed by atoms with Gasteiger partial charge in [0.25, 0.3) is 0 Å². The summed E-state index contributed by atoms with van der Waals surface area (Å²) in [5.41, 5.74) is 5.06. The van der Waals surface area contributed by atoms with Crippen LogP contribution in [-0.4, -0.2) is 50.1 Å². The molecule has 0 spiro atoms. The number of carbonyl (C=O) groups is 2. The summed E-state index contributed by atoms with van der Waals surface area (Å²) in [6, 6.07) is 21.1. The predicted molar refractivity (Wildman–Crippen MR) is 140 cm³/mol. The first kappa shape index (κ1) is 25.3. The minimum atomic E-state index is -0.477. The maximum absolute atomic E-state index is 13.3. The van der Waals surface area contributed by atoms with E-state index in [4.69, 9.17) is 9.47 Å². The zero-order valence-corrected chi connectivity index (χ0v) is 21.0. The van der Waals surface area contributed by atoms with E-state index < -0.39 is 6.04 Å². The Labute approximate surface area is 212 Å². The molecular formula is C29H33N3O4. The van der Waals surface area contributed by atoms with Gasteiger partial charge in [-0.2, -0.15) is 0 Å². The number of rotatable bonds is 9. The Bertz CT molecular complexity index is 1200. The summed E-state index contributed by atoms with van der Waals surface area (Å²) in [5, 5.41) is 6.02. The van der Waals surface area contributed by atoms with Gasteiger partial charge < -0.3 is 20.1 Å². The van der Waals surface area contributed by atoms with Crippen LogP contribution in [0.4, 0.5) is 5.69 Å². The topological polar surface area (TPSA) is 79.9 Å². The smallest absolute Gasteiger partial charge is 0.238 e. The van der Waals surface area contributed by atoms with Crippen molar-refractivity contribution in [1.29, 1.82) is 0 Å². The molecule has 1 unspecified atom stereocenters. The molecule has 1 aliphatic rings. The third-order valence-corrected chi connectivity index (χ3v) is 6.47. The monoisotopic (exact) mass is 487 g/mol. The highest BCUT2D eigenvalue weighted by Gasteiger charge is 2.33. The Balaban J connectivity index is 1.50. The zero-order chi connectivity index (χ0) is 25.5. The molecular weight excluding hydrogens is 454 g/mol. The second kappa shape index (κ2) is 11.7. The molecule has 0 aromatic heterocycles. The molecule has 2 amide bonds. The van der Waals surface area contributed by atoms with Crippen molar-refractivity contribution in [2.24, 2.45) is 0 Å². The maximum atomic E-state index is 13.3. The molecule has 4 rings (SSSR count). The van der Waals surface area contributed by atoms with Gasteiger partial charge in [0.15, 0.2) is 11.5 Å². The van der Waals surface area contributed by atoms with Gasteiger partial charge in [0.05, 0.1) is 26.8 Å². The van der Waals surface area contributed by atoms with Gasteiger partial charge in [-0.1, -0.05) is 48.0 Å². The molecule has 1 heterocycles. The van der Waals surface area contributed by atoms with Gasteiger partial charge in [-0.05, 0) is 60.7 Å². The molecule has 0 saturated carbocycles. The highest BCUT2D eigenvalue weighted by molar-refractivity contribution is 5.93. The molecule has 0 aliphatic carbocycles. The van der Waals surface area contributed by atoms with Gasteiger partial charge in [0, 0.05) is 18.8 Å². The number of hydrogen-bond acceptors (Lipinski definition) is 5. The molecule has 36 heavy (non-hydrogen) atoms. The van der Waals surface area contributed by atoms with E-state index in [2.05, 4.69) is 10.6 Å². The van der Waals surface area contributed by atoms with Gasteiger partial charge in [0.1, 0.15) is 0 Å². The van der Waals surface area contributed by atoms with E-state index in [1.165, 1.54) is 0 Å². The van der Waals surface area contributed by atoms with Crippen molar-refractivity contribution in [3.63, 3.8) is 0 Å². The number of aryl methyl sites for hydroxylation is 1. The van der Waals surface area contributed by atoms with Crippen molar-refractivity contribution < 1.29 is 19.1 Å². The van der Waals surface area contributed by atoms with E-state index in [1.54, 1.807) is 14.2 Å². The first-order chi connectivity index (χ1) is 17.5. The van der Waals surface area contributed by atoms with Crippen LogP contribution in [0.2, 0.25) is 0 Å². The normalized spacial score (nSPS) is 15.0. The molecule has 188 valence electrons. The van der Waals surface area contributed by atoms with Crippen LogP contribution in [0.25, 0.3) is 0 Å². The summed E-state index contributed by atoms with van der Waals surface area (Å²) in [4.78, 5) is 28.2. The number of fused-ring (bicyclic) bond motifs is 1. The number of methoxy groups -OCH3 is 2. The van der Waals surface area contributed by atoms with E-state index in [-0.39, 0.29) is 18.4 Å². The molecule has 7 nitrogen and oxygen atoms in total. The van der Waals surface area contributed by atoms with Gasteiger partial charge in [-0.15, -0.1) is 0 Å². The number of hydrogen-bond donors (Lipinski definition) is 2. The van der Waals surface area contributed by atoms with Gasteiger partial charge in [-0.3, -0.25) is 14.5 Å². The van der Waals surface area contributed by atoms with E-state index >= 15 is 0 Å². The standard InChI is InChI=1S/C29H33N3O4/c1-20-9-11-24(12-10-20)31-28(33)19-32-18-23-17-27(36-3)26(35-2)16-22(23)15-25(32)29(34)30-14-13-21-7-5-4-6-8-21/h4-12,16-17,25H,13-15,18-19H2,1-3H3,(H,30,34)(H,31,33). The van der Waals surface area contributed by atoms with E-state index in [1.807, 2.05) is 78.6 Å². The van der Waals surface area contributed by atoms with Crippen LogP contribution < -0.4 is 20.1 Å². The van der Waals surface area contributed by atoms with Crippen LogP contribution in [0.15, 0.2) is 66.7 Å². The van der Waals surface area contributed by atoms with Crippen LogP contribution in [0.3, 0.4) is 0 Å². The lowest BCUT2D eigenvalue weighted by Gasteiger charge is -2.36. The average molecular weight is 488 g/mol. The lowest BCUT2D eigenvalue weighted by Crippen LogP contribution is -2.52. The number of ether oxygens (including phenoxy) is 2. The fourth-order valence-electron chi connectivity index (χ4n) is 4.51. The third kappa shape index (κ3) is 6.23. The molecule has 0 saturated heterocycles. The first-order valence-electron chi connectivity index (χ1n) is 12.1. The number of amides is 2. The van der Waals surface area contributed by atoms with Crippen molar-refractivity contribution in [2.45, 2.75) is 32.4 Å². The number of benzene rings is 3. The first-order valence-corrected chi connectivity index (χ1v) is 12.1. The summed E-state index contributed by atoms with van der Waals surface area (Å²) in [6.45, 7) is 3.08. The highest BCUT2D eigenvalue weighted by Crippen LogP contribution is 2.34. The van der Waals surface area contributed by atoms with E-state index in [0.29, 0.717) is 31.0 Å². The van der Waals surface area contributed by atoms with Crippen molar-refractivity contribution in [3.05, 3.63) is 89.0 Å². The lowest BCUT2D eigenvalue weighted by atomic mass is 9.92. The fourth-order valence-corrected chi connectivity index (χ4v) is 4.51. The number of carbonyl (C=O) groups excluding carboxylic acids is 2. The Morgan fingerprint density at radius 1 is 0.944 bits per heavy atom. The summed E-state index contributed by atoms with van der Waals surface area (Å²) in [7, 11) is 3.20. The average Bonchev–Trinajstić information content (AvgIpc) is 2.89. The summed E-state index contributed by atoms with van der Waals surface area (Å²) in [6.07, 6.45) is 1.22. The summed E-state index contributed by atoms with van der Waals surface area (Å²) >= 11 is 0. The van der Waals surface area contributed by atoms with Gasteiger partial charge in [0.2, 0.25) is 11.8 Å². The van der Waals surface area contributed by atoms with Crippen LogP contribution in [-0.2, 0) is 29.0 Å². The largest absolute Gasteiger partial charge is 0.493 e. The van der Waals surface area contributed by atoms with Gasteiger partial charge in [-0.25, -0.2) is 0 Å². The van der Waals surface area contributed by atoms with Crippen molar-refractivity contribution >= 4 is 17.5 Å². The second-order valence-corrected chi connectivity index (χ2v) is 9.04. The maximum Gasteiger partial charge on any atom is 0.238 e. The number of nitrogens with zero attached hydrogens (tertiary/aromatic N) is 1. The Morgan fingerprint density at radius 2 is 1.61 bits per heavy atom. The molecule has 3 aromatic rings. The third-order valence-electron chi connectivity index (χ3n) is 6.47. The fraction of sp³-hybridized carbons (Fsp3) is 0.310. The highest BCUT2D eigenvalue weighted by atomic mass is 16.5. The van der Waals surface area contributed by atoms with Crippen LogP contribution in [0.5, 0.6) is 11.5 Å². The predicted octanol–water partition coefficient (Wildman–Crippen LogP) is 3.74. The van der Waals surface area contributed by atoms with Crippen molar-refractivity contribution in [2.75, 3.05) is 32.6 Å². The molecule has 1 aliphatic heterocycles. The molecule has 1 atom stereocenters. The minimum absolute atomic E-state index is 0.0884. The second-order valence-electron chi connectivity index (χ2n) is 9.04. The Kier molecular flexibility index (Phi) is 8.23. The number of nitrogens with one attached hydrogen (secondary N) is 2. The SMILES string of the molecule is COc1cc2c(cc1OC)CN(CC(=O)Nc1ccc(C)cc1)C(C(=O)NCCc1ccccc1)C2. The van der Waals surface area contributed by atoms with Crippen molar-refractivity contribution in [1.82, 2.24) is 10.2 Å². The zero-order valence-electron chi connectivity index (χ0n) is 21.0. The Morgan fingerprint density at radius 3 is 2.28 bits per heavy atom. The molecule has 7 heteroatoms. The molecule has 3 aromatic carbocycles. The van der Waals surface area contributed by atoms with Crippen LogP contribution in [0, 0.1) is 6.92 Å². The molecule has 2 N–H and O–H groups in total. The minimum Gasteiger partial charge on any atom is -0.493 e. The quantitative estimate of drug-likeness (QED) is 0.481. The van der Waals surface area contributed by atoms with Crippen molar-refractivity contribution in [3.8, 4) is 11.5 Å². The number of anilines is 1. The molecule has 0 fully saturated rings. The summed E-state index contributed by atoms with van der Waals surface area (Å²) < 4.78 is 10.9. The summed E-state index contributed by atoms with van der Waals surface area (Å²) in [5.74, 6) is 1.01. The molecule has 0 radical (unpaired) electrons. The van der Waals surface area contributed by atoms with Crippen LogP contribution >= 0.6 is 0 Å². The molecule has 0 bridgehead atoms. The van der Waals surface area contributed by atoms with Gasteiger partial charge >= 0.3 is 0 Å².